The first kappa shape index (κ1) is 19.3. The highest BCUT2D eigenvalue weighted by molar-refractivity contribution is 8.18. The third-order valence-electron chi connectivity index (χ3n) is 3.62. The van der Waals surface area contributed by atoms with Gasteiger partial charge in [-0.15, -0.1) is 11.3 Å². The van der Waals surface area contributed by atoms with Crippen LogP contribution in [-0.4, -0.2) is 46.1 Å². The Morgan fingerprint density at radius 1 is 1.33 bits per heavy atom. The zero-order chi connectivity index (χ0) is 19.6. The lowest BCUT2D eigenvalue weighted by atomic mass is 10.1. The number of hydrogen-bond acceptors (Lipinski definition) is 7. The molecule has 140 valence electrons. The molecule has 0 spiro atoms. The van der Waals surface area contributed by atoms with Gasteiger partial charge in [0, 0.05) is 25.2 Å². The Morgan fingerprint density at radius 3 is 2.74 bits per heavy atom. The first-order chi connectivity index (χ1) is 12.8. The summed E-state index contributed by atoms with van der Waals surface area (Å²) in [6, 6.07) is 5.30. The Balaban J connectivity index is 2.01. The van der Waals surface area contributed by atoms with E-state index in [0.29, 0.717) is 10.1 Å². The number of aryl methyl sites for hydroxylation is 2. The van der Waals surface area contributed by atoms with Crippen LogP contribution in [0.5, 0.6) is 0 Å². The largest absolute Gasteiger partial charge is 0.345 e. The van der Waals surface area contributed by atoms with Crippen molar-refractivity contribution < 1.29 is 9.59 Å². The molecule has 2 aromatic rings. The number of benzene rings is 1. The third kappa shape index (κ3) is 4.44. The van der Waals surface area contributed by atoms with Gasteiger partial charge in [-0.3, -0.25) is 15.2 Å². The number of hydrazine groups is 1. The van der Waals surface area contributed by atoms with E-state index in [1.807, 2.05) is 32.0 Å². The Hall–Kier alpha value is -2.49. The average molecular weight is 402 g/mol. The van der Waals surface area contributed by atoms with Crippen LogP contribution in [0.15, 0.2) is 39.8 Å². The molecule has 0 atom stereocenters. The molecule has 1 fully saturated rings. The number of urea groups is 1. The monoisotopic (exact) mass is 401 g/mol. The molecule has 0 saturated carbocycles. The molecule has 1 saturated heterocycles. The smallest absolute Gasteiger partial charge is 0.270 e. The topological polar surface area (TPSA) is 77.9 Å². The first-order valence-corrected chi connectivity index (χ1v) is 9.81. The molecular formula is C18H19N5O2S2. The molecule has 3 amide bonds. The predicted molar refractivity (Wildman–Crippen MR) is 110 cm³/mol. The molecule has 27 heavy (non-hydrogen) atoms. The molecule has 1 aromatic carbocycles. The van der Waals surface area contributed by atoms with Crippen LogP contribution in [0, 0.1) is 13.8 Å². The molecule has 0 unspecified atom stereocenters. The van der Waals surface area contributed by atoms with Gasteiger partial charge < -0.3 is 0 Å². The average Bonchev–Trinajstić information content (AvgIpc) is 3.18. The number of nitrogens with zero attached hydrogens (tertiary/aromatic N) is 4. The quantitative estimate of drug-likeness (QED) is 0.629. The van der Waals surface area contributed by atoms with Gasteiger partial charge in [0.25, 0.3) is 5.91 Å². The van der Waals surface area contributed by atoms with Gasteiger partial charge in [-0.2, -0.15) is 0 Å². The van der Waals surface area contributed by atoms with Gasteiger partial charge in [0.05, 0.1) is 16.1 Å². The minimum absolute atomic E-state index is 0.321. The fourth-order valence-corrected chi connectivity index (χ4v) is 4.02. The molecule has 0 radical (unpaired) electrons. The first-order valence-electron chi connectivity index (χ1n) is 8.11. The van der Waals surface area contributed by atoms with E-state index in [1.165, 1.54) is 28.1 Å². The minimum Gasteiger partial charge on any atom is -0.270 e. The van der Waals surface area contributed by atoms with Gasteiger partial charge in [0.2, 0.25) is 0 Å². The lowest BCUT2D eigenvalue weighted by Crippen LogP contribution is -2.48. The van der Waals surface area contributed by atoms with Gasteiger partial charge in [-0.25, -0.2) is 19.7 Å². The number of thioether (sulfide) groups is 1. The standard InChI is InChI=1S/C18H19N5O2S2/c1-11-5-6-14(12(2)7-11)20-18-23(17(25)21-22(3)4)16(24)15(27-18)8-13-9-19-10-26-13/h5-10H,1-4H3,(H,21,25). The van der Waals surface area contributed by atoms with E-state index in [-0.39, 0.29) is 0 Å². The maximum atomic E-state index is 12.9. The van der Waals surface area contributed by atoms with Gasteiger partial charge in [-0.1, -0.05) is 17.7 Å². The van der Waals surface area contributed by atoms with Crippen molar-refractivity contribution in [2.45, 2.75) is 13.8 Å². The van der Waals surface area contributed by atoms with Crippen molar-refractivity contribution in [3.05, 3.63) is 50.8 Å². The molecular weight excluding hydrogens is 382 g/mol. The number of carbonyl (C=O) groups is 2. The molecule has 1 aromatic heterocycles. The number of nitrogens with one attached hydrogen (secondary N) is 1. The highest BCUT2D eigenvalue weighted by Crippen LogP contribution is 2.35. The molecule has 1 N–H and O–H groups in total. The van der Waals surface area contributed by atoms with Crippen molar-refractivity contribution in [2.75, 3.05) is 14.1 Å². The normalized spacial score (nSPS) is 17.4. The second-order valence-corrected chi connectivity index (χ2v) is 8.08. The SMILES string of the molecule is Cc1ccc(N=C2SC(=Cc3cncs3)C(=O)N2C(=O)NN(C)C)c(C)c1. The van der Waals surface area contributed by atoms with Crippen LogP contribution in [0.1, 0.15) is 16.0 Å². The van der Waals surface area contributed by atoms with Crippen LogP contribution in [0.25, 0.3) is 6.08 Å². The fourth-order valence-electron chi connectivity index (χ4n) is 2.43. The van der Waals surface area contributed by atoms with E-state index in [4.69, 9.17) is 0 Å². The molecule has 9 heteroatoms. The Bertz CT molecular complexity index is 935. The molecule has 0 aliphatic carbocycles. The summed E-state index contributed by atoms with van der Waals surface area (Å²) >= 11 is 2.60. The maximum Gasteiger partial charge on any atom is 0.345 e. The van der Waals surface area contributed by atoms with Gasteiger partial charge >= 0.3 is 6.03 Å². The van der Waals surface area contributed by atoms with E-state index in [2.05, 4.69) is 15.4 Å². The number of carbonyl (C=O) groups excluding carboxylic acids is 2. The number of amidine groups is 1. The van der Waals surface area contributed by atoms with Crippen LogP contribution in [0.4, 0.5) is 10.5 Å². The van der Waals surface area contributed by atoms with Crippen LogP contribution in [-0.2, 0) is 4.79 Å². The van der Waals surface area contributed by atoms with Crippen LogP contribution in [0.2, 0.25) is 0 Å². The lowest BCUT2D eigenvalue weighted by molar-refractivity contribution is -0.120. The van der Waals surface area contributed by atoms with E-state index in [9.17, 15) is 9.59 Å². The summed E-state index contributed by atoms with van der Waals surface area (Å²) in [4.78, 5) is 36.4. The number of amides is 3. The summed E-state index contributed by atoms with van der Waals surface area (Å²) in [5.41, 5.74) is 7.11. The van der Waals surface area contributed by atoms with Gasteiger partial charge in [0.1, 0.15) is 0 Å². The number of aromatic nitrogens is 1. The van der Waals surface area contributed by atoms with Crippen molar-refractivity contribution >= 4 is 52.0 Å². The van der Waals surface area contributed by atoms with E-state index in [0.717, 1.165) is 26.6 Å². The van der Waals surface area contributed by atoms with Crippen molar-refractivity contribution in [3.8, 4) is 0 Å². The van der Waals surface area contributed by atoms with Crippen molar-refractivity contribution in [2.24, 2.45) is 4.99 Å². The lowest BCUT2D eigenvalue weighted by Gasteiger charge is -2.18. The molecule has 2 heterocycles. The highest BCUT2D eigenvalue weighted by atomic mass is 32.2. The minimum atomic E-state index is -0.547. The third-order valence-corrected chi connectivity index (χ3v) is 5.31. The van der Waals surface area contributed by atoms with Crippen LogP contribution < -0.4 is 5.43 Å². The number of aliphatic imine (C=N–C) groups is 1. The van der Waals surface area contributed by atoms with Crippen molar-refractivity contribution in [1.29, 1.82) is 0 Å². The molecule has 7 nitrogen and oxygen atoms in total. The summed E-state index contributed by atoms with van der Waals surface area (Å²) in [6.45, 7) is 3.95. The second-order valence-electron chi connectivity index (χ2n) is 6.15. The number of rotatable bonds is 3. The maximum absolute atomic E-state index is 12.9. The predicted octanol–water partition coefficient (Wildman–Crippen LogP) is 3.55. The summed E-state index contributed by atoms with van der Waals surface area (Å²) in [5, 5.41) is 1.81. The van der Waals surface area contributed by atoms with Crippen LogP contribution >= 0.6 is 23.1 Å². The summed E-state index contributed by atoms with van der Waals surface area (Å²) in [7, 11) is 3.36. The summed E-state index contributed by atoms with van der Waals surface area (Å²) in [6.07, 6.45) is 3.40. The molecule has 0 bridgehead atoms. The van der Waals surface area contributed by atoms with E-state index < -0.39 is 11.9 Å². The van der Waals surface area contributed by atoms with Crippen LogP contribution in [0.3, 0.4) is 0 Å². The van der Waals surface area contributed by atoms with E-state index >= 15 is 0 Å². The molecule has 3 rings (SSSR count). The molecule has 1 aliphatic heterocycles. The Morgan fingerprint density at radius 2 is 2.11 bits per heavy atom. The highest BCUT2D eigenvalue weighted by Gasteiger charge is 2.38. The van der Waals surface area contributed by atoms with E-state index in [1.54, 1.807) is 31.9 Å². The summed E-state index contributed by atoms with van der Waals surface area (Å²) in [5.74, 6) is -0.406. The Labute approximate surface area is 165 Å². The number of thiazole rings is 1. The molecule has 1 aliphatic rings. The van der Waals surface area contributed by atoms with Crippen molar-refractivity contribution in [3.63, 3.8) is 0 Å². The number of imide groups is 1. The fraction of sp³-hybridized carbons (Fsp3) is 0.222. The Kier molecular flexibility index (Phi) is 5.73. The van der Waals surface area contributed by atoms with Crippen molar-refractivity contribution in [1.82, 2.24) is 20.3 Å². The zero-order valence-electron chi connectivity index (χ0n) is 15.4. The van der Waals surface area contributed by atoms with Gasteiger partial charge in [-0.05, 0) is 43.3 Å². The summed E-state index contributed by atoms with van der Waals surface area (Å²) < 4.78 is 0. The zero-order valence-corrected chi connectivity index (χ0v) is 17.0. The second kappa shape index (κ2) is 8.03. The number of hydrogen-bond donors (Lipinski definition) is 1. The van der Waals surface area contributed by atoms with Gasteiger partial charge in [0.15, 0.2) is 5.17 Å².